The predicted octanol–water partition coefficient (Wildman–Crippen LogP) is 16.2. The first-order valence-electron chi connectivity index (χ1n) is 45.1. The maximum Gasteiger partial charge on any atom is 0.307 e. The third-order valence-corrected chi connectivity index (χ3v) is 29.3. The van der Waals surface area contributed by atoms with Gasteiger partial charge in [0, 0.05) is 47.6 Å². The monoisotopic (exact) mass is 1810 g/mol. The van der Waals surface area contributed by atoms with Gasteiger partial charge in [-0.3, -0.25) is 47.8 Å². The fourth-order valence-electron chi connectivity index (χ4n) is 18.6. The molecule has 0 spiro atoms. The van der Waals surface area contributed by atoms with Gasteiger partial charge >= 0.3 is 11.9 Å². The van der Waals surface area contributed by atoms with Crippen LogP contribution in [0.1, 0.15) is 213 Å². The van der Waals surface area contributed by atoms with Gasteiger partial charge in [-0.05, 0) is 277 Å². The van der Waals surface area contributed by atoms with Crippen LogP contribution in [0.25, 0.3) is 44.1 Å². The Hall–Kier alpha value is -10.1. The number of aromatic nitrogens is 2. The second kappa shape index (κ2) is 38.5. The fraction of sp³-hybridized carbons (Fsp3) is 0.571. The second-order valence-corrected chi connectivity index (χ2v) is 43.3. The van der Waals surface area contributed by atoms with Gasteiger partial charge in [0.15, 0.2) is 34.7 Å². The quantitative estimate of drug-likeness (QED) is 0.0471. The zero-order valence-corrected chi connectivity index (χ0v) is 77.9. The standard InChI is InChI=1S/2C49H62FN3O10S/c2*1-28(2)61-34-15-13-31(14-16-34)40-20-32-21-43(60-8)39(50)23-38(32)45(51-40)62-35-22-41-42(54)26-49(47(57)52-64(58,59)36-17-18-36)25-33(49)12-10-9-11-29(3)19-30(4)37(46(56)53(41)27-35)24-44(55)63-48(5,6)7/h2*10,12-16,20-21,23,28-30,33,35-37,41H,9,11,17-19,22,24-27H2,1-8H3,(H,52,57)/b2*12-10-/t29-,30+,33+,35+,37-,41-,49+;29-,30-,33-,35-,37+,41+,49-/m01/s1. The predicted molar refractivity (Wildman–Crippen MR) is 479 cm³/mol. The molecule has 0 unspecified atom stereocenters. The first-order chi connectivity index (χ1) is 60.3. The van der Waals surface area contributed by atoms with E-state index in [2.05, 4.69) is 23.3 Å². The molecule has 6 aromatic rings. The van der Waals surface area contributed by atoms with Gasteiger partial charge < -0.3 is 47.7 Å². The Labute approximate surface area is 749 Å². The molecule has 30 heteroatoms. The molecule has 14 atom stereocenters. The molecule has 4 saturated carbocycles. The average Bonchev–Trinajstić information content (AvgIpc) is 1.56. The molecule has 4 aliphatic carbocycles. The van der Waals surface area contributed by atoms with E-state index in [0.717, 1.165) is 24.0 Å². The number of carbonyl (C=O) groups is 8. The molecule has 0 bridgehead atoms. The Balaban J connectivity index is 0.000000219. The van der Waals surface area contributed by atoms with Crippen LogP contribution in [0.5, 0.6) is 34.8 Å². The smallest absolute Gasteiger partial charge is 0.307 e. The minimum Gasteiger partial charge on any atom is -0.494 e. The minimum atomic E-state index is -3.91. The number of allylic oxidation sites excluding steroid dienone is 4. The van der Waals surface area contributed by atoms with Gasteiger partial charge in [-0.1, -0.05) is 52.0 Å². The van der Waals surface area contributed by atoms with Crippen molar-refractivity contribution in [1.82, 2.24) is 29.2 Å². The molecular formula is C98H124F2N6O20S2. The van der Waals surface area contributed by atoms with E-state index in [0.29, 0.717) is 95.8 Å². The molecule has 4 aliphatic heterocycles. The molecule has 2 N–H and O–H groups in total. The Morgan fingerprint density at radius 3 is 1.20 bits per heavy atom. The number of carbonyl (C=O) groups excluding carboxylic acids is 8. The number of ketones is 2. The third-order valence-electron chi connectivity index (χ3n) is 25.7. The van der Waals surface area contributed by atoms with Crippen LogP contribution in [0.3, 0.4) is 0 Å². The number of ether oxygens (including phenoxy) is 8. The number of nitrogens with zero attached hydrogens (tertiary/aromatic N) is 4. The average molecular weight is 1810 g/mol. The highest BCUT2D eigenvalue weighted by molar-refractivity contribution is 7.91. The van der Waals surface area contributed by atoms with Crippen molar-refractivity contribution in [3.63, 3.8) is 0 Å². The number of halogens is 2. The number of Topliss-reactive ketones (excluding diaryl/α,β-unsaturated/α-hetero) is 2. The van der Waals surface area contributed by atoms with Gasteiger partial charge in [0.1, 0.15) is 34.9 Å². The van der Waals surface area contributed by atoms with E-state index in [-0.39, 0.29) is 135 Å². The lowest BCUT2D eigenvalue weighted by atomic mass is 9.82. The number of fused-ring (bicyclic) bond motifs is 6. The number of amides is 4. The Kier molecular flexibility index (Phi) is 28.7. The lowest BCUT2D eigenvalue weighted by molar-refractivity contribution is -0.160. The van der Waals surface area contributed by atoms with Crippen molar-refractivity contribution in [2.75, 3.05) is 27.3 Å². The number of sulfonamides is 2. The highest BCUT2D eigenvalue weighted by Crippen LogP contribution is 2.59. The maximum absolute atomic E-state index is 15.4. The molecule has 6 heterocycles. The van der Waals surface area contributed by atoms with E-state index in [1.807, 2.05) is 114 Å². The fourth-order valence-corrected chi connectivity index (χ4v) is 21.4. The van der Waals surface area contributed by atoms with Crippen LogP contribution in [-0.4, -0.2) is 169 Å². The molecule has 4 amide bonds. The van der Waals surface area contributed by atoms with Gasteiger partial charge in [-0.25, -0.2) is 35.6 Å². The number of methoxy groups -OCH3 is 2. The molecule has 6 fully saturated rings. The minimum absolute atomic E-state index is 0.000365. The van der Waals surface area contributed by atoms with Crippen molar-refractivity contribution < 1.29 is 102 Å². The van der Waals surface area contributed by atoms with E-state index < -0.39 is 147 Å². The summed E-state index contributed by atoms with van der Waals surface area (Å²) >= 11 is 0. The van der Waals surface area contributed by atoms with E-state index >= 15 is 18.4 Å². The van der Waals surface area contributed by atoms with Crippen molar-refractivity contribution in [3.8, 4) is 57.3 Å². The van der Waals surface area contributed by atoms with Crippen LogP contribution in [0.4, 0.5) is 8.78 Å². The van der Waals surface area contributed by atoms with E-state index in [1.165, 1.54) is 36.2 Å². The van der Waals surface area contributed by atoms with Gasteiger partial charge in [-0.15, -0.1) is 0 Å². The highest BCUT2D eigenvalue weighted by Gasteiger charge is 2.64. The lowest BCUT2D eigenvalue weighted by Gasteiger charge is -2.32. The summed E-state index contributed by atoms with van der Waals surface area (Å²) in [6.45, 7) is 26.2. The first kappa shape index (κ1) is 95.5. The van der Waals surface area contributed by atoms with Crippen molar-refractivity contribution in [1.29, 1.82) is 0 Å². The molecule has 8 aliphatic rings. The van der Waals surface area contributed by atoms with Gasteiger partial charge in [-0.2, -0.15) is 0 Å². The molecule has 26 nitrogen and oxygen atoms in total. The number of hydrogen-bond acceptors (Lipinski definition) is 22. The number of rotatable bonds is 22. The Morgan fingerprint density at radius 1 is 0.516 bits per heavy atom. The van der Waals surface area contributed by atoms with Crippen LogP contribution in [0.15, 0.2) is 109 Å². The second-order valence-electron chi connectivity index (χ2n) is 39.4. The zero-order valence-electron chi connectivity index (χ0n) is 76.3. The summed E-state index contributed by atoms with van der Waals surface area (Å²) in [6, 6.07) is 21.8. The molecule has 128 heavy (non-hydrogen) atoms. The van der Waals surface area contributed by atoms with E-state index in [1.54, 1.807) is 65.8 Å². The molecular weight excluding hydrogens is 1680 g/mol. The Morgan fingerprint density at radius 2 is 0.875 bits per heavy atom. The summed E-state index contributed by atoms with van der Waals surface area (Å²) in [5.41, 5.74) is -1.77. The number of hydrogen-bond donors (Lipinski definition) is 2. The van der Waals surface area contributed by atoms with Crippen LogP contribution in [-0.2, 0) is 67.9 Å². The maximum atomic E-state index is 15.4. The van der Waals surface area contributed by atoms with Crippen molar-refractivity contribution in [3.05, 3.63) is 121 Å². The van der Waals surface area contributed by atoms with Crippen molar-refractivity contribution in [2.45, 2.75) is 271 Å². The first-order valence-corrected chi connectivity index (χ1v) is 48.2. The summed E-state index contributed by atoms with van der Waals surface area (Å²) in [6.07, 6.45) is 11.6. The largest absolute Gasteiger partial charge is 0.494 e. The molecule has 14 rings (SSSR count). The summed E-state index contributed by atoms with van der Waals surface area (Å²) in [7, 11) is -5.07. The summed E-state index contributed by atoms with van der Waals surface area (Å²) in [4.78, 5) is 128. The van der Waals surface area contributed by atoms with E-state index in [9.17, 15) is 45.6 Å². The SMILES string of the molecule is COc1cc2cc(-c3ccc(OC(C)C)cc3)nc(O[C@@H]3C[C@H]4C(=O)C[C@]5(C(=O)NS(=O)(=O)C6CC6)C[C@H]5/C=C\CC[C@@H](C)C[C@@H](C)[C@H](CC(=O)OC(C)(C)C)C(=O)N4C3)c2cc1F.COc1cc2cc(-c3ccc(OC(C)C)cc3)nc(O[C@@H]3C[C@H]4C(=O)C[C@]5(C(=O)NS(=O)(=O)C6CC6)C[C@H]5/C=C\CC[C@H](C)C[C@@H](C)[C@H](CC(=O)OC(C)(C)C)C(=O)N4C3)c2cc1F. The van der Waals surface area contributed by atoms with E-state index in [4.69, 9.17) is 47.9 Å². The van der Waals surface area contributed by atoms with Gasteiger partial charge in [0.25, 0.3) is 0 Å². The zero-order chi connectivity index (χ0) is 92.6. The number of pyridine rings is 2. The normalized spacial score (nSPS) is 27.2. The molecule has 2 saturated heterocycles. The van der Waals surface area contributed by atoms with Crippen molar-refractivity contribution >= 4 is 88.7 Å². The number of nitrogens with one attached hydrogen (secondary N) is 2. The lowest BCUT2D eigenvalue weighted by Crippen LogP contribution is -2.47. The van der Waals surface area contributed by atoms with Gasteiger partial charge in [0.2, 0.25) is 55.4 Å². The molecule has 0 radical (unpaired) electrons. The number of esters is 2. The van der Waals surface area contributed by atoms with Crippen LogP contribution in [0, 0.1) is 69.8 Å². The molecule has 2 aromatic heterocycles. The Bertz CT molecular complexity index is 5160. The van der Waals surface area contributed by atoms with Crippen LogP contribution < -0.4 is 37.9 Å². The van der Waals surface area contributed by atoms with Gasteiger partial charge in [0.05, 0.1) is 109 Å². The van der Waals surface area contributed by atoms with Crippen LogP contribution in [0.2, 0.25) is 0 Å². The topological polar surface area (TPSA) is 335 Å². The number of benzene rings is 4. The molecule has 692 valence electrons. The summed E-state index contributed by atoms with van der Waals surface area (Å²) < 4.78 is 135. The summed E-state index contributed by atoms with van der Waals surface area (Å²) in [5.74, 6) is -6.63. The van der Waals surface area contributed by atoms with Crippen molar-refractivity contribution in [2.24, 2.45) is 58.2 Å². The molecule has 4 aromatic carbocycles. The van der Waals surface area contributed by atoms with Crippen LogP contribution >= 0.6 is 0 Å². The third kappa shape index (κ3) is 23.0. The highest BCUT2D eigenvalue weighted by atomic mass is 32.2. The summed E-state index contributed by atoms with van der Waals surface area (Å²) in [5, 5.41) is 0.552.